The smallest absolute Gasteiger partial charge is 0.238 e. The summed E-state index contributed by atoms with van der Waals surface area (Å²) in [5.41, 5.74) is 0.283. The first-order valence-corrected chi connectivity index (χ1v) is 7.01. The normalized spacial score (nSPS) is 16.4. The Hall–Kier alpha value is -1.49. The van der Waals surface area contributed by atoms with Crippen molar-refractivity contribution in [3.05, 3.63) is 29.8 Å². The molecule has 0 atom stereocenters. The first kappa shape index (κ1) is 14.9. The summed E-state index contributed by atoms with van der Waals surface area (Å²) < 4.78 is 25.8. The molecule has 1 N–H and O–H groups in total. The molecule has 1 aliphatic rings. The van der Waals surface area contributed by atoms with E-state index in [2.05, 4.69) is 5.32 Å². The number of amides is 1. The van der Waals surface area contributed by atoms with E-state index < -0.39 is 11.6 Å². The molecule has 1 aromatic rings. The van der Waals surface area contributed by atoms with Gasteiger partial charge in [0, 0.05) is 17.8 Å². The summed E-state index contributed by atoms with van der Waals surface area (Å²) in [6.45, 7) is 0.268. The van der Waals surface area contributed by atoms with Crippen LogP contribution in [0.2, 0.25) is 0 Å². The largest absolute Gasteiger partial charge is 0.325 e. The maximum absolute atomic E-state index is 13.0. The second-order valence-corrected chi connectivity index (χ2v) is 5.38. The van der Waals surface area contributed by atoms with Crippen molar-refractivity contribution in [2.24, 2.45) is 0 Å². The monoisotopic (exact) mass is 282 g/mol. The van der Waals surface area contributed by atoms with Crippen molar-refractivity contribution in [1.82, 2.24) is 4.90 Å². The Bertz CT molecular complexity index is 473. The van der Waals surface area contributed by atoms with E-state index in [1.807, 2.05) is 11.9 Å². The van der Waals surface area contributed by atoms with Crippen molar-refractivity contribution in [2.45, 2.75) is 38.1 Å². The van der Waals surface area contributed by atoms with E-state index >= 15 is 0 Å². The molecule has 110 valence electrons. The zero-order valence-electron chi connectivity index (χ0n) is 11.7. The van der Waals surface area contributed by atoms with Gasteiger partial charge in [-0.15, -0.1) is 0 Å². The Morgan fingerprint density at radius 3 is 2.60 bits per heavy atom. The predicted octanol–water partition coefficient (Wildman–Crippen LogP) is 3.17. The Morgan fingerprint density at radius 1 is 1.25 bits per heavy atom. The molecule has 0 spiro atoms. The summed E-state index contributed by atoms with van der Waals surface area (Å²) in [7, 11) is 1.93. The molecule has 0 radical (unpaired) electrons. The summed E-state index contributed by atoms with van der Waals surface area (Å²) in [6.07, 6.45) is 5.93. The van der Waals surface area contributed by atoms with Crippen LogP contribution >= 0.6 is 0 Å². The Kier molecular flexibility index (Phi) is 5.06. The molecule has 0 aromatic heterocycles. The van der Waals surface area contributed by atoms with Gasteiger partial charge in [0.2, 0.25) is 5.91 Å². The van der Waals surface area contributed by atoms with Gasteiger partial charge in [0.25, 0.3) is 0 Å². The second-order valence-electron chi connectivity index (χ2n) is 5.38. The van der Waals surface area contributed by atoms with E-state index in [0.717, 1.165) is 25.0 Å². The van der Waals surface area contributed by atoms with Gasteiger partial charge in [0.15, 0.2) is 11.6 Å². The fourth-order valence-electron chi connectivity index (χ4n) is 2.65. The highest BCUT2D eigenvalue weighted by Gasteiger charge is 2.19. The number of benzene rings is 1. The molecular weight excluding hydrogens is 262 g/mol. The Balaban J connectivity index is 1.86. The van der Waals surface area contributed by atoms with Gasteiger partial charge < -0.3 is 5.32 Å². The number of hydrogen-bond donors (Lipinski definition) is 1. The molecule has 1 amide bonds. The molecule has 0 heterocycles. The number of halogens is 2. The van der Waals surface area contributed by atoms with Gasteiger partial charge in [-0.3, -0.25) is 9.69 Å². The van der Waals surface area contributed by atoms with Crippen LogP contribution in [-0.2, 0) is 4.79 Å². The minimum atomic E-state index is -0.955. The van der Waals surface area contributed by atoms with E-state index in [1.165, 1.54) is 25.3 Å². The van der Waals surface area contributed by atoms with E-state index in [9.17, 15) is 13.6 Å². The van der Waals surface area contributed by atoms with E-state index in [-0.39, 0.29) is 18.1 Å². The number of rotatable bonds is 4. The molecular formula is C15H20F2N2O. The highest BCUT2D eigenvalue weighted by atomic mass is 19.2. The maximum atomic E-state index is 13.0. The standard InChI is InChI=1S/C15H20F2N2O/c1-19(12-5-3-2-4-6-12)10-15(20)18-11-7-8-13(16)14(17)9-11/h7-9,12H,2-6,10H2,1H3,(H,18,20). The number of likely N-dealkylation sites (N-methyl/N-ethyl adjacent to an activating group) is 1. The summed E-state index contributed by atoms with van der Waals surface area (Å²) >= 11 is 0. The van der Waals surface area contributed by atoms with Crippen LogP contribution in [0.1, 0.15) is 32.1 Å². The maximum Gasteiger partial charge on any atom is 0.238 e. The molecule has 0 bridgehead atoms. The number of nitrogens with one attached hydrogen (secondary N) is 1. The lowest BCUT2D eigenvalue weighted by atomic mass is 9.94. The van der Waals surface area contributed by atoms with Crippen LogP contribution in [0.5, 0.6) is 0 Å². The molecule has 1 aliphatic carbocycles. The summed E-state index contributed by atoms with van der Waals surface area (Å²) in [5, 5.41) is 2.59. The highest BCUT2D eigenvalue weighted by molar-refractivity contribution is 5.92. The summed E-state index contributed by atoms with van der Waals surface area (Å²) in [6, 6.07) is 3.81. The van der Waals surface area contributed by atoms with E-state index in [0.29, 0.717) is 6.04 Å². The third kappa shape index (κ3) is 4.00. The van der Waals surface area contributed by atoms with Gasteiger partial charge in [-0.05, 0) is 32.0 Å². The minimum absolute atomic E-state index is 0.205. The first-order valence-electron chi connectivity index (χ1n) is 7.01. The fourth-order valence-corrected chi connectivity index (χ4v) is 2.65. The van der Waals surface area contributed by atoms with Crippen LogP contribution in [0.25, 0.3) is 0 Å². The fraction of sp³-hybridized carbons (Fsp3) is 0.533. The third-order valence-corrected chi connectivity index (χ3v) is 3.79. The lowest BCUT2D eigenvalue weighted by Gasteiger charge is -2.30. The molecule has 1 aromatic carbocycles. The molecule has 1 saturated carbocycles. The van der Waals surface area contributed by atoms with Crippen molar-refractivity contribution in [3.8, 4) is 0 Å². The molecule has 0 saturated heterocycles. The molecule has 5 heteroatoms. The van der Waals surface area contributed by atoms with Crippen LogP contribution < -0.4 is 5.32 Å². The van der Waals surface area contributed by atoms with E-state index in [1.54, 1.807) is 0 Å². The summed E-state index contributed by atoms with van der Waals surface area (Å²) in [5.74, 6) is -2.07. The van der Waals surface area contributed by atoms with Gasteiger partial charge in [0.1, 0.15) is 0 Å². The minimum Gasteiger partial charge on any atom is -0.325 e. The van der Waals surface area contributed by atoms with Crippen LogP contribution in [-0.4, -0.2) is 30.4 Å². The van der Waals surface area contributed by atoms with Crippen molar-refractivity contribution < 1.29 is 13.6 Å². The van der Waals surface area contributed by atoms with Crippen molar-refractivity contribution in [2.75, 3.05) is 18.9 Å². The number of anilines is 1. The molecule has 1 fully saturated rings. The van der Waals surface area contributed by atoms with Crippen LogP contribution in [0.15, 0.2) is 18.2 Å². The topological polar surface area (TPSA) is 32.3 Å². The molecule has 2 rings (SSSR count). The van der Waals surface area contributed by atoms with Gasteiger partial charge >= 0.3 is 0 Å². The quantitative estimate of drug-likeness (QED) is 0.920. The molecule has 20 heavy (non-hydrogen) atoms. The molecule has 0 unspecified atom stereocenters. The Labute approximate surface area is 118 Å². The molecule has 3 nitrogen and oxygen atoms in total. The van der Waals surface area contributed by atoms with Crippen molar-refractivity contribution >= 4 is 11.6 Å². The van der Waals surface area contributed by atoms with Crippen molar-refractivity contribution in [1.29, 1.82) is 0 Å². The van der Waals surface area contributed by atoms with Gasteiger partial charge in [-0.1, -0.05) is 19.3 Å². The summed E-state index contributed by atoms with van der Waals surface area (Å²) in [4.78, 5) is 13.9. The van der Waals surface area contributed by atoms with Crippen LogP contribution in [0.3, 0.4) is 0 Å². The molecule has 0 aliphatic heterocycles. The third-order valence-electron chi connectivity index (χ3n) is 3.79. The average molecular weight is 282 g/mol. The lowest BCUT2D eigenvalue weighted by Crippen LogP contribution is -2.39. The number of hydrogen-bond acceptors (Lipinski definition) is 2. The SMILES string of the molecule is CN(CC(=O)Nc1ccc(F)c(F)c1)C1CCCCC1. The zero-order chi connectivity index (χ0) is 14.5. The first-order chi connectivity index (χ1) is 9.56. The van der Waals surface area contributed by atoms with Gasteiger partial charge in [0.05, 0.1) is 6.54 Å². The number of carbonyl (C=O) groups excluding carboxylic acids is 1. The van der Waals surface area contributed by atoms with Crippen LogP contribution in [0, 0.1) is 11.6 Å². The number of carbonyl (C=O) groups is 1. The van der Waals surface area contributed by atoms with E-state index in [4.69, 9.17) is 0 Å². The lowest BCUT2D eigenvalue weighted by molar-refractivity contribution is -0.117. The van der Waals surface area contributed by atoms with Crippen LogP contribution in [0.4, 0.5) is 14.5 Å². The Morgan fingerprint density at radius 2 is 1.95 bits per heavy atom. The zero-order valence-corrected chi connectivity index (χ0v) is 11.7. The van der Waals surface area contributed by atoms with Gasteiger partial charge in [-0.25, -0.2) is 8.78 Å². The average Bonchev–Trinajstić information content (AvgIpc) is 2.44. The highest BCUT2D eigenvalue weighted by Crippen LogP contribution is 2.21. The van der Waals surface area contributed by atoms with Gasteiger partial charge in [-0.2, -0.15) is 0 Å². The second kappa shape index (κ2) is 6.79. The predicted molar refractivity (Wildman–Crippen MR) is 74.5 cm³/mol. The van der Waals surface area contributed by atoms with Crippen molar-refractivity contribution in [3.63, 3.8) is 0 Å². The number of nitrogens with zero attached hydrogens (tertiary/aromatic N) is 1.